The molecule has 2 aromatic carbocycles. The Morgan fingerprint density at radius 2 is 1.61 bits per heavy atom. The standard InChI is InChI=1S/C14H11F2NO/c1-17(13-7-3-6-12(16)9-13)14(18)10-4-2-5-11(15)8-10/h2-9H,1H3. The smallest absolute Gasteiger partial charge is 0.258 e. The minimum atomic E-state index is -0.478. The molecule has 0 aliphatic heterocycles. The molecule has 0 radical (unpaired) electrons. The number of hydrogen-bond acceptors (Lipinski definition) is 1. The molecule has 0 fully saturated rings. The topological polar surface area (TPSA) is 20.3 Å². The number of carbonyl (C=O) groups is 1. The van der Waals surface area contributed by atoms with Gasteiger partial charge in [0, 0.05) is 18.3 Å². The lowest BCUT2D eigenvalue weighted by Gasteiger charge is -2.17. The van der Waals surface area contributed by atoms with Crippen molar-refractivity contribution in [3.63, 3.8) is 0 Å². The van der Waals surface area contributed by atoms with Crippen molar-refractivity contribution in [3.8, 4) is 0 Å². The zero-order valence-corrected chi connectivity index (χ0v) is 9.73. The molecule has 2 nitrogen and oxygen atoms in total. The quantitative estimate of drug-likeness (QED) is 0.797. The highest BCUT2D eigenvalue weighted by molar-refractivity contribution is 6.05. The van der Waals surface area contributed by atoms with Crippen LogP contribution < -0.4 is 4.90 Å². The van der Waals surface area contributed by atoms with Crippen LogP contribution in [0.25, 0.3) is 0 Å². The number of halogens is 2. The molecule has 0 bridgehead atoms. The normalized spacial score (nSPS) is 10.2. The average molecular weight is 247 g/mol. The Morgan fingerprint density at radius 3 is 2.22 bits per heavy atom. The van der Waals surface area contributed by atoms with E-state index in [2.05, 4.69) is 0 Å². The molecule has 18 heavy (non-hydrogen) atoms. The largest absolute Gasteiger partial charge is 0.311 e. The fourth-order valence-electron chi connectivity index (χ4n) is 1.62. The molecule has 0 heterocycles. The van der Waals surface area contributed by atoms with Gasteiger partial charge in [-0.3, -0.25) is 4.79 Å². The summed E-state index contributed by atoms with van der Waals surface area (Å²) in [5.74, 6) is -1.29. The van der Waals surface area contributed by atoms with Crippen LogP contribution in [0, 0.1) is 11.6 Å². The molecule has 0 aliphatic carbocycles. The Hall–Kier alpha value is -2.23. The van der Waals surface area contributed by atoms with Gasteiger partial charge in [-0.2, -0.15) is 0 Å². The summed E-state index contributed by atoms with van der Waals surface area (Å²) in [6.07, 6.45) is 0. The van der Waals surface area contributed by atoms with Gasteiger partial charge in [0.1, 0.15) is 11.6 Å². The van der Waals surface area contributed by atoms with Crippen LogP contribution in [-0.2, 0) is 0 Å². The fourth-order valence-corrected chi connectivity index (χ4v) is 1.62. The van der Waals surface area contributed by atoms with E-state index < -0.39 is 11.6 Å². The van der Waals surface area contributed by atoms with E-state index in [-0.39, 0.29) is 11.5 Å². The lowest BCUT2D eigenvalue weighted by atomic mass is 10.2. The fraction of sp³-hybridized carbons (Fsp3) is 0.0714. The van der Waals surface area contributed by atoms with Gasteiger partial charge >= 0.3 is 0 Å². The highest BCUT2D eigenvalue weighted by Gasteiger charge is 2.14. The molecule has 0 aliphatic rings. The summed E-state index contributed by atoms with van der Waals surface area (Å²) < 4.78 is 26.1. The Morgan fingerprint density at radius 1 is 1.00 bits per heavy atom. The van der Waals surface area contributed by atoms with Gasteiger partial charge in [-0.15, -0.1) is 0 Å². The van der Waals surface area contributed by atoms with Gasteiger partial charge < -0.3 is 4.90 Å². The van der Waals surface area contributed by atoms with Crippen molar-refractivity contribution in [1.82, 2.24) is 0 Å². The third-order valence-electron chi connectivity index (χ3n) is 2.57. The first-order valence-corrected chi connectivity index (χ1v) is 5.37. The van der Waals surface area contributed by atoms with Crippen LogP contribution in [0.3, 0.4) is 0 Å². The molecule has 2 aromatic rings. The maximum atomic E-state index is 13.1. The van der Waals surface area contributed by atoms with Gasteiger partial charge in [0.05, 0.1) is 0 Å². The van der Waals surface area contributed by atoms with Gasteiger partial charge in [0.15, 0.2) is 0 Å². The first-order chi connectivity index (χ1) is 8.58. The SMILES string of the molecule is CN(C(=O)c1cccc(F)c1)c1cccc(F)c1. The number of rotatable bonds is 2. The van der Waals surface area contributed by atoms with E-state index in [0.29, 0.717) is 5.69 Å². The minimum Gasteiger partial charge on any atom is -0.311 e. The number of anilines is 1. The first-order valence-electron chi connectivity index (χ1n) is 5.37. The summed E-state index contributed by atoms with van der Waals surface area (Å²) in [6.45, 7) is 0. The summed E-state index contributed by atoms with van der Waals surface area (Å²) in [5, 5.41) is 0. The second-order valence-corrected chi connectivity index (χ2v) is 3.85. The Balaban J connectivity index is 2.29. The molecule has 0 aromatic heterocycles. The van der Waals surface area contributed by atoms with Crippen molar-refractivity contribution in [2.24, 2.45) is 0 Å². The predicted molar refractivity (Wildman–Crippen MR) is 65.5 cm³/mol. The Bertz CT molecular complexity index is 584. The van der Waals surface area contributed by atoms with Crippen LogP contribution in [0.2, 0.25) is 0 Å². The molecule has 0 saturated carbocycles. The van der Waals surface area contributed by atoms with Gasteiger partial charge in [-0.1, -0.05) is 12.1 Å². The van der Waals surface area contributed by atoms with Crippen molar-refractivity contribution in [2.75, 3.05) is 11.9 Å². The summed E-state index contributed by atoms with van der Waals surface area (Å²) in [4.78, 5) is 13.3. The molecule has 2 rings (SSSR count). The molecular formula is C14H11F2NO. The first kappa shape index (κ1) is 12.2. The summed E-state index contributed by atoms with van der Waals surface area (Å²) in [7, 11) is 1.52. The highest BCUT2D eigenvalue weighted by atomic mass is 19.1. The van der Waals surface area contributed by atoms with E-state index in [1.807, 2.05) is 0 Å². The van der Waals surface area contributed by atoms with Gasteiger partial charge in [0.2, 0.25) is 0 Å². The van der Waals surface area contributed by atoms with Crippen LogP contribution in [0.15, 0.2) is 48.5 Å². The molecule has 0 unspecified atom stereocenters. The monoisotopic (exact) mass is 247 g/mol. The molecule has 92 valence electrons. The third kappa shape index (κ3) is 2.53. The molecular weight excluding hydrogens is 236 g/mol. The summed E-state index contributed by atoms with van der Waals surface area (Å²) in [5.41, 5.74) is 0.644. The van der Waals surface area contributed by atoms with E-state index in [0.717, 1.165) is 6.07 Å². The summed E-state index contributed by atoms with van der Waals surface area (Å²) >= 11 is 0. The van der Waals surface area contributed by atoms with Crippen molar-refractivity contribution >= 4 is 11.6 Å². The second-order valence-electron chi connectivity index (χ2n) is 3.85. The van der Waals surface area contributed by atoms with Crippen molar-refractivity contribution in [1.29, 1.82) is 0 Å². The predicted octanol–water partition coefficient (Wildman–Crippen LogP) is 3.24. The number of nitrogens with zero attached hydrogens (tertiary/aromatic N) is 1. The van der Waals surface area contributed by atoms with Gasteiger partial charge in [0.25, 0.3) is 5.91 Å². The van der Waals surface area contributed by atoms with E-state index >= 15 is 0 Å². The van der Waals surface area contributed by atoms with Gasteiger partial charge in [-0.05, 0) is 36.4 Å². The van der Waals surface area contributed by atoms with Crippen LogP contribution in [0.4, 0.5) is 14.5 Å². The Labute approximate surface area is 103 Å². The molecule has 0 saturated heterocycles. The molecule has 0 N–H and O–H groups in total. The number of amides is 1. The molecule has 4 heteroatoms. The van der Waals surface area contributed by atoms with Crippen molar-refractivity contribution < 1.29 is 13.6 Å². The van der Waals surface area contributed by atoms with E-state index in [1.54, 1.807) is 6.07 Å². The van der Waals surface area contributed by atoms with E-state index in [4.69, 9.17) is 0 Å². The maximum Gasteiger partial charge on any atom is 0.258 e. The number of carbonyl (C=O) groups excluding carboxylic acids is 1. The van der Waals surface area contributed by atoms with Crippen LogP contribution >= 0.6 is 0 Å². The van der Waals surface area contributed by atoms with E-state index in [1.165, 1.54) is 48.3 Å². The van der Waals surface area contributed by atoms with Crippen LogP contribution in [0.1, 0.15) is 10.4 Å². The van der Waals surface area contributed by atoms with Crippen molar-refractivity contribution in [2.45, 2.75) is 0 Å². The zero-order chi connectivity index (χ0) is 13.1. The minimum absolute atomic E-state index is 0.224. The summed E-state index contributed by atoms with van der Waals surface area (Å²) in [6, 6.07) is 11.1. The third-order valence-corrected chi connectivity index (χ3v) is 2.57. The average Bonchev–Trinajstić information content (AvgIpc) is 2.37. The van der Waals surface area contributed by atoms with Crippen LogP contribution in [0.5, 0.6) is 0 Å². The zero-order valence-electron chi connectivity index (χ0n) is 9.73. The molecule has 0 atom stereocenters. The maximum absolute atomic E-state index is 13.1. The second kappa shape index (κ2) is 4.96. The van der Waals surface area contributed by atoms with Gasteiger partial charge in [-0.25, -0.2) is 8.78 Å². The van der Waals surface area contributed by atoms with Crippen molar-refractivity contribution in [3.05, 3.63) is 65.7 Å². The molecule has 1 amide bonds. The Kier molecular flexibility index (Phi) is 3.37. The van der Waals surface area contributed by atoms with E-state index in [9.17, 15) is 13.6 Å². The lowest BCUT2D eigenvalue weighted by molar-refractivity contribution is 0.0992. The molecule has 0 spiro atoms. The number of benzene rings is 2. The number of hydrogen-bond donors (Lipinski definition) is 0. The lowest BCUT2D eigenvalue weighted by Crippen LogP contribution is -2.26. The highest BCUT2D eigenvalue weighted by Crippen LogP contribution is 2.17. The van der Waals surface area contributed by atoms with Crippen LogP contribution in [-0.4, -0.2) is 13.0 Å².